The molecular formula is C14H17BO4. The van der Waals surface area contributed by atoms with Crippen molar-refractivity contribution in [1.29, 1.82) is 0 Å². The Kier molecular flexibility index (Phi) is 3.41. The molecular weight excluding hydrogens is 243 g/mol. The van der Waals surface area contributed by atoms with Gasteiger partial charge in [-0.15, -0.1) is 0 Å². The summed E-state index contributed by atoms with van der Waals surface area (Å²) in [5.41, 5.74) is 1.73. The van der Waals surface area contributed by atoms with Crippen molar-refractivity contribution < 1.29 is 18.8 Å². The van der Waals surface area contributed by atoms with Crippen LogP contribution in [0, 0.1) is 6.92 Å². The number of ether oxygens (including phenoxy) is 1. The minimum atomic E-state index is -0.500. The summed E-state index contributed by atoms with van der Waals surface area (Å²) in [6.45, 7) is 9.51. The van der Waals surface area contributed by atoms with Crippen molar-refractivity contribution in [1.82, 2.24) is 0 Å². The lowest BCUT2D eigenvalue weighted by Gasteiger charge is -2.15. The number of rotatable bonds is 2. The quantitative estimate of drug-likeness (QED) is 0.601. The largest absolute Gasteiger partial charge is 0.563 e. The van der Waals surface area contributed by atoms with E-state index in [4.69, 9.17) is 14.0 Å². The minimum absolute atomic E-state index is 0.345. The molecule has 0 unspecified atom stereocenters. The van der Waals surface area contributed by atoms with Gasteiger partial charge in [0, 0.05) is 0 Å². The van der Waals surface area contributed by atoms with Crippen LogP contribution in [0.15, 0.2) is 30.5 Å². The molecule has 1 fully saturated rings. The highest BCUT2D eigenvalue weighted by Crippen LogP contribution is 2.29. The van der Waals surface area contributed by atoms with Crippen molar-refractivity contribution in [2.75, 3.05) is 7.11 Å². The first kappa shape index (κ1) is 13.7. The molecule has 0 amide bonds. The van der Waals surface area contributed by atoms with E-state index >= 15 is 0 Å². The molecule has 0 aromatic heterocycles. The Morgan fingerprint density at radius 1 is 1.42 bits per heavy atom. The smallest absolute Gasteiger partial charge is 0.534 e. The van der Waals surface area contributed by atoms with Gasteiger partial charge in [-0.05, 0) is 37.9 Å². The molecule has 0 N–H and O–H groups in total. The van der Waals surface area contributed by atoms with Crippen LogP contribution in [-0.2, 0) is 14.0 Å². The molecule has 100 valence electrons. The Morgan fingerprint density at radius 3 is 2.58 bits per heavy atom. The first-order chi connectivity index (χ1) is 8.85. The van der Waals surface area contributed by atoms with Crippen LogP contribution in [0.1, 0.15) is 29.8 Å². The van der Waals surface area contributed by atoms with Crippen LogP contribution in [0.3, 0.4) is 0 Å². The summed E-state index contributed by atoms with van der Waals surface area (Å²) in [4.78, 5) is 11.5. The van der Waals surface area contributed by atoms with E-state index in [-0.39, 0.29) is 5.97 Å². The van der Waals surface area contributed by atoms with E-state index in [0.29, 0.717) is 11.3 Å². The number of methoxy groups -OCH3 is 1. The van der Waals surface area contributed by atoms with Crippen molar-refractivity contribution in [3.05, 3.63) is 41.7 Å². The Bertz CT molecular complexity index is 536. The Morgan fingerprint density at radius 2 is 2.11 bits per heavy atom. The molecule has 0 atom stereocenters. The van der Waals surface area contributed by atoms with Gasteiger partial charge in [-0.25, -0.2) is 4.79 Å². The molecule has 1 aliphatic heterocycles. The van der Waals surface area contributed by atoms with Gasteiger partial charge in [-0.2, -0.15) is 0 Å². The zero-order valence-electron chi connectivity index (χ0n) is 11.6. The van der Waals surface area contributed by atoms with Crippen LogP contribution in [0.4, 0.5) is 0 Å². The number of aryl methyl sites for hydroxylation is 1. The summed E-state index contributed by atoms with van der Waals surface area (Å²) in [5, 5.41) is 0. The number of benzene rings is 1. The monoisotopic (exact) mass is 260 g/mol. The van der Waals surface area contributed by atoms with Gasteiger partial charge in [-0.3, -0.25) is 0 Å². The topological polar surface area (TPSA) is 44.8 Å². The molecule has 1 aliphatic rings. The predicted octanol–water partition coefficient (Wildman–Crippen LogP) is 1.82. The molecule has 2 rings (SSSR count). The zero-order chi connectivity index (χ0) is 14.2. The Hall–Kier alpha value is -1.75. The van der Waals surface area contributed by atoms with E-state index in [1.54, 1.807) is 12.1 Å². The molecule has 0 saturated carbocycles. The van der Waals surface area contributed by atoms with E-state index in [0.717, 1.165) is 11.0 Å². The molecule has 0 aliphatic carbocycles. The van der Waals surface area contributed by atoms with Gasteiger partial charge in [0.1, 0.15) is 5.60 Å². The van der Waals surface area contributed by atoms with Gasteiger partial charge in [-0.1, -0.05) is 18.7 Å². The number of hydrogen-bond donors (Lipinski definition) is 0. The predicted molar refractivity (Wildman–Crippen MR) is 73.3 cm³/mol. The number of esters is 1. The van der Waals surface area contributed by atoms with Crippen LogP contribution in [0.2, 0.25) is 0 Å². The molecule has 1 aromatic carbocycles. The Labute approximate surface area is 113 Å². The van der Waals surface area contributed by atoms with Gasteiger partial charge < -0.3 is 14.0 Å². The lowest BCUT2D eigenvalue weighted by atomic mass is 9.78. The van der Waals surface area contributed by atoms with Crippen LogP contribution < -0.4 is 5.46 Å². The summed E-state index contributed by atoms with van der Waals surface area (Å²) in [6.07, 6.45) is 0. The van der Waals surface area contributed by atoms with Crippen molar-refractivity contribution in [2.45, 2.75) is 26.4 Å². The molecule has 19 heavy (non-hydrogen) atoms. The van der Waals surface area contributed by atoms with E-state index in [9.17, 15) is 4.79 Å². The SMILES string of the molecule is C=C1OB(c2ccc(C(=O)OC)c(C)c2)OC1(C)C. The number of carbonyl (C=O) groups excluding carboxylic acids is 1. The standard InChI is InChI=1S/C14H17BO4/c1-9-8-11(6-7-12(9)13(16)17-5)15-18-10(2)14(3,4)19-15/h6-8H,2H2,1,3-5H3. The normalized spacial score (nSPS) is 17.3. The van der Waals surface area contributed by atoms with Gasteiger partial charge in [0.25, 0.3) is 0 Å². The fraction of sp³-hybridized carbons (Fsp3) is 0.357. The lowest BCUT2D eigenvalue weighted by molar-refractivity contribution is 0.0600. The lowest BCUT2D eigenvalue weighted by Crippen LogP contribution is -2.34. The Balaban J connectivity index is 2.27. The van der Waals surface area contributed by atoms with Crippen LogP contribution in [-0.4, -0.2) is 25.8 Å². The van der Waals surface area contributed by atoms with Crippen molar-refractivity contribution in [2.24, 2.45) is 0 Å². The summed E-state index contributed by atoms with van der Waals surface area (Å²) in [7, 11) is 0.888. The second kappa shape index (κ2) is 4.74. The summed E-state index contributed by atoms with van der Waals surface area (Å²) in [5.74, 6) is 0.259. The van der Waals surface area contributed by atoms with Gasteiger partial charge in [0.15, 0.2) is 0 Å². The van der Waals surface area contributed by atoms with E-state index < -0.39 is 12.7 Å². The maximum absolute atomic E-state index is 11.5. The molecule has 0 radical (unpaired) electrons. The third kappa shape index (κ3) is 2.51. The van der Waals surface area contributed by atoms with Crippen molar-refractivity contribution in [3.8, 4) is 0 Å². The second-order valence-electron chi connectivity index (χ2n) is 5.07. The average Bonchev–Trinajstić information content (AvgIpc) is 2.63. The fourth-order valence-electron chi connectivity index (χ4n) is 1.94. The molecule has 1 aromatic rings. The van der Waals surface area contributed by atoms with Gasteiger partial charge in [0.05, 0.1) is 18.4 Å². The molecule has 4 nitrogen and oxygen atoms in total. The maximum atomic E-state index is 11.5. The van der Waals surface area contributed by atoms with E-state index in [1.165, 1.54) is 7.11 Å². The number of carbonyl (C=O) groups is 1. The third-order valence-electron chi connectivity index (χ3n) is 3.25. The highest BCUT2D eigenvalue weighted by atomic mass is 16.7. The van der Waals surface area contributed by atoms with Crippen LogP contribution >= 0.6 is 0 Å². The zero-order valence-corrected chi connectivity index (χ0v) is 11.6. The molecule has 5 heteroatoms. The maximum Gasteiger partial charge on any atom is 0.563 e. The highest BCUT2D eigenvalue weighted by molar-refractivity contribution is 6.62. The number of hydrogen-bond acceptors (Lipinski definition) is 4. The van der Waals surface area contributed by atoms with E-state index in [2.05, 4.69) is 6.58 Å². The van der Waals surface area contributed by atoms with Gasteiger partial charge in [0.2, 0.25) is 0 Å². The van der Waals surface area contributed by atoms with Crippen molar-refractivity contribution >= 4 is 18.6 Å². The molecule has 1 saturated heterocycles. The third-order valence-corrected chi connectivity index (χ3v) is 3.25. The first-order valence-corrected chi connectivity index (χ1v) is 6.08. The average molecular weight is 260 g/mol. The minimum Gasteiger partial charge on any atom is -0.534 e. The van der Waals surface area contributed by atoms with E-state index in [1.807, 2.05) is 26.8 Å². The summed E-state index contributed by atoms with van der Waals surface area (Å²) >= 11 is 0. The molecule has 0 bridgehead atoms. The first-order valence-electron chi connectivity index (χ1n) is 6.08. The molecule has 0 spiro atoms. The van der Waals surface area contributed by atoms with Crippen LogP contribution in [0.25, 0.3) is 0 Å². The summed E-state index contributed by atoms with van der Waals surface area (Å²) < 4.78 is 16.1. The fourth-order valence-corrected chi connectivity index (χ4v) is 1.94. The summed E-state index contributed by atoms with van der Waals surface area (Å²) in [6, 6.07) is 5.39. The van der Waals surface area contributed by atoms with Crippen molar-refractivity contribution in [3.63, 3.8) is 0 Å². The highest BCUT2D eigenvalue weighted by Gasteiger charge is 2.42. The second-order valence-corrected chi connectivity index (χ2v) is 5.07. The van der Waals surface area contributed by atoms with Gasteiger partial charge >= 0.3 is 13.1 Å². The molecule has 1 heterocycles. The van der Waals surface area contributed by atoms with Crippen LogP contribution in [0.5, 0.6) is 0 Å².